The molecule has 0 saturated carbocycles. The van der Waals surface area contributed by atoms with Crippen molar-refractivity contribution in [1.82, 2.24) is 15.3 Å². The molecule has 1 amide bonds. The highest BCUT2D eigenvalue weighted by molar-refractivity contribution is 5.78. The Labute approximate surface area is 93.7 Å². The van der Waals surface area contributed by atoms with Crippen LogP contribution in [0.4, 0.5) is 0 Å². The van der Waals surface area contributed by atoms with Gasteiger partial charge >= 0.3 is 0 Å². The summed E-state index contributed by atoms with van der Waals surface area (Å²) in [5.41, 5.74) is 1.97. The first-order valence-electron chi connectivity index (χ1n) is 5.12. The number of nitrogens with zero attached hydrogens (tertiary/aromatic N) is 1. The van der Waals surface area contributed by atoms with Crippen LogP contribution in [0.15, 0.2) is 42.9 Å². The number of carbonyl (C=O) groups excluding carboxylic acids is 1. The minimum absolute atomic E-state index is 0.0146. The Balaban J connectivity index is 1.81. The molecule has 0 saturated heterocycles. The predicted molar refractivity (Wildman–Crippen MR) is 60.6 cm³/mol. The number of pyridine rings is 1. The van der Waals surface area contributed by atoms with Gasteiger partial charge in [0.25, 0.3) is 0 Å². The van der Waals surface area contributed by atoms with Crippen LogP contribution >= 0.6 is 0 Å². The maximum absolute atomic E-state index is 11.6. The Morgan fingerprint density at radius 3 is 2.81 bits per heavy atom. The summed E-state index contributed by atoms with van der Waals surface area (Å²) in [6, 6.07) is 7.53. The number of rotatable bonds is 4. The second-order valence-corrected chi connectivity index (χ2v) is 3.50. The van der Waals surface area contributed by atoms with Crippen LogP contribution in [0, 0.1) is 0 Å². The zero-order valence-electron chi connectivity index (χ0n) is 8.81. The first-order chi connectivity index (χ1) is 7.84. The lowest BCUT2D eigenvalue weighted by Gasteiger charge is -2.03. The molecule has 0 aliphatic carbocycles. The monoisotopic (exact) mass is 215 g/mol. The molecule has 16 heavy (non-hydrogen) atoms. The summed E-state index contributed by atoms with van der Waals surface area (Å²) < 4.78 is 0. The van der Waals surface area contributed by atoms with Gasteiger partial charge in [0.2, 0.25) is 5.91 Å². The molecule has 2 aromatic heterocycles. The Bertz CT molecular complexity index is 437. The molecule has 0 aliphatic heterocycles. The Morgan fingerprint density at radius 1 is 1.31 bits per heavy atom. The van der Waals surface area contributed by atoms with E-state index in [1.165, 1.54) is 0 Å². The molecule has 2 heterocycles. The van der Waals surface area contributed by atoms with Gasteiger partial charge in [-0.2, -0.15) is 0 Å². The van der Waals surface area contributed by atoms with Crippen molar-refractivity contribution in [2.45, 2.75) is 13.0 Å². The summed E-state index contributed by atoms with van der Waals surface area (Å²) >= 11 is 0. The van der Waals surface area contributed by atoms with E-state index in [1.807, 2.05) is 30.5 Å². The molecule has 2 N–H and O–H groups in total. The average Bonchev–Trinajstić information content (AvgIpc) is 2.81. The van der Waals surface area contributed by atoms with Gasteiger partial charge in [-0.3, -0.25) is 9.78 Å². The van der Waals surface area contributed by atoms with Crippen molar-refractivity contribution < 1.29 is 4.79 Å². The molecule has 0 aromatic carbocycles. The van der Waals surface area contributed by atoms with Crippen molar-refractivity contribution in [3.05, 3.63) is 54.1 Å². The highest BCUT2D eigenvalue weighted by Gasteiger charge is 2.02. The van der Waals surface area contributed by atoms with Crippen molar-refractivity contribution in [2.75, 3.05) is 0 Å². The van der Waals surface area contributed by atoms with Gasteiger partial charge in [0.15, 0.2) is 0 Å². The van der Waals surface area contributed by atoms with E-state index >= 15 is 0 Å². The number of aromatic nitrogens is 2. The maximum atomic E-state index is 11.6. The van der Waals surface area contributed by atoms with Crippen molar-refractivity contribution in [3.8, 4) is 0 Å². The van der Waals surface area contributed by atoms with E-state index < -0.39 is 0 Å². The molecule has 0 aliphatic rings. The number of amides is 1. The van der Waals surface area contributed by atoms with Crippen LogP contribution in [0.3, 0.4) is 0 Å². The van der Waals surface area contributed by atoms with Gasteiger partial charge in [-0.1, -0.05) is 0 Å². The Morgan fingerprint density at radius 2 is 2.12 bits per heavy atom. The van der Waals surface area contributed by atoms with Gasteiger partial charge in [0.05, 0.1) is 13.0 Å². The summed E-state index contributed by atoms with van der Waals surface area (Å²) in [7, 11) is 0. The van der Waals surface area contributed by atoms with Gasteiger partial charge in [-0.05, 0) is 29.8 Å². The highest BCUT2D eigenvalue weighted by Crippen LogP contribution is 1.98. The third-order valence-electron chi connectivity index (χ3n) is 2.25. The fraction of sp³-hybridized carbons (Fsp3) is 0.167. The van der Waals surface area contributed by atoms with Gasteiger partial charge in [-0.15, -0.1) is 0 Å². The SMILES string of the molecule is O=C(Cc1ccncc1)NCc1ccc[nH]1. The second kappa shape index (κ2) is 5.11. The van der Waals surface area contributed by atoms with Gasteiger partial charge < -0.3 is 10.3 Å². The zero-order valence-corrected chi connectivity index (χ0v) is 8.81. The molecule has 0 bridgehead atoms. The number of hydrogen-bond acceptors (Lipinski definition) is 2. The van der Waals surface area contributed by atoms with Crippen LogP contribution in [-0.4, -0.2) is 15.9 Å². The largest absolute Gasteiger partial charge is 0.364 e. The average molecular weight is 215 g/mol. The molecule has 0 fully saturated rings. The summed E-state index contributed by atoms with van der Waals surface area (Å²) in [5, 5.41) is 2.84. The first-order valence-corrected chi connectivity index (χ1v) is 5.12. The number of aromatic amines is 1. The smallest absolute Gasteiger partial charge is 0.224 e. The van der Waals surface area contributed by atoms with Crippen LogP contribution in [0.2, 0.25) is 0 Å². The topological polar surface area (TPSA) is 57.8 Å². The minimum Gasteiger partial charge on any atom is -0.364 e. The van der Waals surface area contributed by atoms with E-state index in [9.17, 15) is 4.79 Å². The molecule has 82 valence electrons. The summed E-state index contributed by atoms with van der Waals surface area (Å²) in [6.45, 7) is 0.539. The maximum Gasteiger partial charge on any atom is 0.224 e. The number of hydrogen-bond donors (Lipinski definition) is 2. The van der Waals surface area contributed by atoms with E-state index in [0.29, 0.717) is 13.0 Å². The fourth-order valence-corrected chi connectivity index (χ4v) is 1.42. The first kappa shape index (κ1) is 10.4. The Kier molecular flexibility index (Phi) is 3.33. The van der Waals surface area contributed by atoms with Crippen molar-refractivity contribution in [2.24, 2.45) is 0 Å². The lowest BCUT2D eigenvalue weighted by molar-refractivity contribution is -0.120. The Hall–Kier alpha value is -2.10. The normalized spacial score (nSPS) is 10.0. The zero-order chi connectivity index (χ0) is 11.2. The molecule has 2 aromatic rings. The number of carbonyl (C=O) groups is 1. The molecule has 4 nitrogen and oxygen atoms in total. The van der Waals surface area contributed by atoms with E-state index in [2.05, 4.69) is 15.3 Å². The van der Waals surface area contributed by atoms with E-state index in [4.69, 9.17) is 0 Å². The minimum atomic E-state index is 0.0146. The fourth-order valence-electron chi connectivity index (χ4n) is 1.42. The molecular weight excluding hydrogens is 202 g/mol. The lowest BCUT2D eigenvalue weighted by Crippen LogP contribution is -2.24. The molecule has 0 spiro atoms. The number of nitrogens with one attached hydrogen (secondary N) is 2. The molecular formula is C12H13N3O. The van der Waals surface area contributed by atoms with Crippen molar-refractivity contribution in [1.29, 1.82) is 0 Å². The quantitative estimate of drug-likeness (QED) is 0.806. The standard InChI is InChI=1S/C12H13N3O/c16-12(8-10-3-6-13-7-4-10)15-9-11-2-1-5-14-11/h1-7,14H,8-9H2,(H,15,16). The van der Waals surface area contributed by atoms with Crippen LogP contribution in [0.5, 0.6) is 0 Å². The predicted octanol–water partition coefficient (Wildman–Crippen LogP) is 1.27. The summed E-state index contributed by atoms with van der Waals surface area (Å²) in [4.78, 5) is 18.5. The summed E-state index contributed by atoms with van der Waals surface area (Å²) in [6.07, 6.45) is 5.61. The molecule has 0 unspecified atom stereocenters. The van der Waals surface area contributed by atoms with Crippen molar-refractivity contribution >= 4 is 5.91 Å². The molecule has 0 radical (unpaired) electrons. The van der Waals surface area contributed by atoms with E-state index in [0.717, 1.165) is 11.3 Å². The molecule has 2 rings (SSSR count). The van der Waals surface area contributed by atoms with Crippen LogP contribution in [-0.2, 0) is 17.8 Å². The summed E-state index contributed by atoms with van der Waals surface area (Å²) in [5.74, 6) is 0.0146. The van der Waals surface area contributed by atoms with Gasteiger partial charge in [0, 0.05) is 24.3 Å². The third kappa shape index (κ3) is 2.95. The number of H-pyrrole nitrogens is 1. The van der Waals surface area contributed by atoms with Crippen LogP contribution < -0.4 is 5.32 Å². The highest BCUT2D eigenvalue weighted by atomic mass is 16.1. The van der Waals surface area contributed by atoms with E-state index in [-0.39, 0.29) is 5.91 Å². The second-order valence-electron chi connectivity index (χ2n) is 3.50. The van der Waals surface area contributed by atoms with Crippen LogP contribution in [0.25, 0.3) is 0 Å². The molecule has 0 atom stereocenters. The van der Waals surface area contributed by atoms with E-state index in [1.54, 1.807) is 12.4 Å². The lowest BCUT2D eigenvalue weighted by atomic mass is 10.2. The van der Waals surface area contributed by atoms with Gasteiger partial charge in [0.1, 0.15) is 0 Å². The van der Waals surface area contributed by atoms with Crippen LogP contribution in [0.1, 0.15) is 11.3 Å². The molecule has 4 heteroatoms. The third-order valence-corrected chi connectivity index (χ3v) is 2.25. The van der Waals surface area contributed by atoms with Gasteiger partial charge in [-0.25, -0.2) is 0 Å². The van der Waals surface area contributed by atoms with Crippen molar-refractivity contribution in [3.63, 3.8) is 0 Å².